The molecule has 0 saturated heterocycles. The average molecular weight is 606 g/mol. The van der Waals surface area contributed by atoms with Gasteiger partial charge in [-0.3, -0.25) is 0 Å². The summed E-state index contributed by atoms with van der Waals surface area (Å²) in [5, 5.41) is 2.61. The summed E-state index contributed by atoms with van der Waals surface area (Å²) < 4.78 is 2.61. The van der Waals surface area contributed by atoms with E-state index in [1.807, 2.05) is 11.3 Å². The first kappa shape index (κ1) is 26.9. The molecule has 7 aromatic carbocycles. The summed E-state index contributed by atoms with van der Waals surface area (Å²) in [5.74, 6) is 0. The van der Waals surface area contributed by atoms with E-state index in [1.54, 1.807) is 0 Å². The number of hydrogen-bond donors (Lipinski definition) is 0. The van der Waals surface area contributed by atoms with Gasteiger partial charge in [-0.1, -0.05) is 133 Å². The molecule has 1 heterocycles. The maximum absolute atomic E-state index is 2.47. The molecule has 0 unspecified atom stereocenters. The zero-order valence-electron chi connectivity index (χ0n) is 25.5. The molecule has 9 rings (SSSR count). The van der Waals surface area contributed by atoms with Crippen LogP contribution in [-0.4, -0.2) is 0 Å². The largest absolute Gasteiger partial charge is 0.309 e. The molecule has 0 bridgehead atoms. The molecule has 0 aliphatic heterocycles. The van der Waals surface area contributed by atoms with Crippen molar-refractivity contribution in [1.29, 1.82) is 0 Å². The van der Waals surface area contributed by atoms with E-state index < -0.39 is 5.41 Å². The van der Waals surface area contributed by atoms with Gasteiger partial charge in [-0.25, -0.2) is 0 Å². The van der Waals surface area contributed by atoms with E-state index in [-0.39, 0.29) is 0 Å². The van der Waals surface area contributed by atoms with Gasteiger partial charge in [0.25, 0.3) is 0 Å². The third kappa shape index (κ3) is 3.94. The van der Waals surface area contributed by atoms with Crippen LogP contribution in [0.2, 0.25) is 0 Å². The van der Waals surface area contributed by atoms with Crippen molar-refractivity contribution >= 4 is 48.6 Å². The zero-order chi connectivity index (χ0) is 30.7. The minimum Gasteiger partial charge on any atom is -0.309 e. The number of hydrogen-bond acceptors (Lipinski definition) is 2. The van der Waals surface area contributed by atoms with Gasteiger partial charge in [-0.15, -0.1) is 11.3 Å². The minimum atomic E-state index is -0.452. The van der Waals surface area contributed by atoms with Gasteiger partial charge >= 0.3 is 0 Å². The van der Waals surface area contributed by atoms with Crippen LogP contribution in [-0.2, 0) is 5.41 Å². The van der Waals surface area contributed by atoms with Gasteiger partial charge in [0.2, 0.25) is 0 Å². The summed E-state index contributed by atoms with van der Waals surface area (Å²) in [4.78, 5) is 2.47. The van der Waals surface area contributed by atoms with Crippen LogP contribution in [0.4, 0.5) is 17.1 Å². The van der Waals surface area contributed by atoms with Crippen LogP contribution in [0.25, 0.3) is 31.3 Å². The molecule has 218 valence electrons. The van der Waals surface area contributed by atoms with Crippen molar-refractivity contribution in [2.24, 2.45) is 0 Å². The van der Waals surface area contributed by atoms with E-state index in [1.165, 1.54) is 64.8 Å². The molecular weight excluding hydrogens is 575 g/mol. The van der Waals surface area contributed by atoms with Crippen molar-refractivity contribution < 1.29 is 0 Å². The molecule has 2 heteroatoms. The Morgan fingerprint density at radius 3 is 1.89 bits per heavy atom. The number of nitrogens with zero attached hydrogens (tertiary/aromatic N) is 1. The Bertz CT molecular complexity index is 2350. The first-order valence-corrected chi connectivity index (χ1v) is 16.7. The van der Waals surface area contributed by atoms with E-state index in [2.05, 4.69) is 182 Å². The molecule has 0 N–H and O–H groups in total. The molecule has 46 heavy (non-hydrogen) atoms. The number of aryl methyl sites for hydroxylation is 1. The van der Waals surface area contributed by atoms with Crippen LogP contribution in [0, 0.1) is 6.92 Å². The van der Waals surface area contributed by atoms with Crippen molar-refractivity contribution in [2.45, 2.75) is 12.3 Å². The predicted molar refractivity (Wildman–Crippen MR) is 196 cm³/mol. The van der Waals surface area contributed by atoms with Crippen molar-refractivity contribution in [3.63, 3.8) is 0 Å². The molecule has 1 aliphatic carbocycles. The molecule has 0 atom stereocenters. The Hall–Kier alpha value is -5.44. The van der Waals surface area contributed by atoms with Gasteiger partial charge in [-0.2, -0.15) is 0 Å². The monoisotopic (exact) mass is 605 g/mol. The summed E-state index contributed by atoms with van der Waals surface area (Å²) in [6.45, 7) is 2.18. The third-order valence-electron chi connectivity index (χ3n) is 9.58. The van der Waals surface area contributed by atoms with Crippen molar-refractivity contribution in [1.82, 2.24) is 0 Å². The van der Waals surface area contributed by atoms with Gasteiger partial charge in [0.15, 0.2) is 0 Å². The van der Waals surface area contributed by atoms with Gasteiger partial charge in [-0.05, 0) is 82.3 Å². The maximum Gasteiger partial charge on any atom is 0.0714 e. The van der Waals surface area contributed by atoms with Crippen molar-refractivity contribution in [2.75, 3.05) is 4.90 Å². The minimum absolute atomic E-state index is 0.452. The van der Waals surface area contributed by atoms with Gasteiger partial charge in [0.1, 0.15) is 0 Å². The molecule has 1 aliphatic rings. The third-order valence-corrected chi connectivity index (χ3v) is 10.8. The average Bonchev–Trinajstić information content (AvgIpc) is 3.64. The standard InChI is InChI=1S/C44H31NS/c1-30-14-12-19-33(28-30)45(41-24-13-22-38-37-21-9-11-25-42(37)46-43(38)41)34-26-27-36-35-20-8-10-23-39(35)44(40(36)29-34,31-15-4-2-5-16-31)32-17-6-3-7-18-32/h2-29H,1H3. The van der Waals surface area contributed by atoms with Crippen LogP contribution in [0.1, 0.15) is 27.8 Å². The van der Waals surface area contributed by atoms with Gasteiger partial charge in [0, 0.05) is 26.8 Å². The summed E-state index contributed by atoms with van der Waals surface area (Å²) in [6.07, 6.45) is 0. The first-order chi connectivity index (χ1) is 22.7. The van der Waals surface area contributed by atoms with Crippen molar-refractivity contribution in [3.05, 3.63) is 198 Å². The lowest BCUT2D eigenvalue weighted by atomic mass is 9.67. The Labute approximate surface area is 273 Å². The highest BCUT2D eigenvalue weighted by Crippen LogP contribution is 2.57. The highest BCUT2D eigenvalue weighted by molar-refractivity contribution is 7.26. The molecule has 1 nitrogen and oxygen atoms in total. The number of thiophene rings is 1. The number of rotatable bonds is 5. The van der Waals surface area contributed by atoms with Gasteiger partial charge in [0.05, 0.1) is 15.8 Å². The normalized spacial score (nSPS) is 13.1. The fourth-order valence-electron chi connectivity index (χ4n) is 7.67. The van der Waals surface area contributed by atoms with Crippen LogP contribution in [0.3, 0.4) is 0 Å². The molecule has 0 saturated carbocycles. The van der Waals surface area contributed by atoms with E-state index in [9.17, 15) is 0 Å². The second kappa shape index (κ2) is 10.6. The first-order valence-electron chi connectivity index (χ1n) is 15.9. The number of benzene rings is 7. The second-order valence-corrected chi connectivity index (χ2v) is 13.2. The van der Waals surface area contributed by atoms with Crippen molar-refractivity contribution in [3.8, 4) is 11.1 Å². The van der Waals surface area contributed by atoms with Crippen LogP contribution in [0.5, 0.6) is 0 Å². The van der Waals surface area contributed by atoms with Crippen LogP contribution in [0.15, 0.2) is 170 Å². The quantitative estimate of drug-likeness (QED) is 0.189. The summed E-state index contributed by atoms with van der Waals surface area (Å²) in [6, 6.07) is 62.6. The lowest BCUT2D eigenvalue weighted by Crippen LogP contribution is -2.28. The highest BCUT2D eigenvalue weighted by atomic mass is 32.1. The number of anilines is 3. The highest BCUT2D eigenvalue weighted by Gasteiger charge is 2.46. The fourth-order valence-corrected chi connectivity index (χ4v) is 8.88. The molecule has 0 amide bonds. The fraction of sp³-hybridized carbons (Fsp3) is 0.0455. The predicted octanol–water partition coefficient (Wildman–Crippen LogP) is 12.2. The molecule has 1 aromatic heterocycles. The maximum atomic E-state index is 2.47. The smallest absolute Gasteiger partial charge is 0.0714 e. The second-order valence-electron chi connectivity index (χ2n) is 12.2. The SMILES string of the molecule is Cc1cccc(N(c2ccc3c(c2)C(c2ccccc2)(c2ccccc2)c2ccccc2-3)c2cccc3c2sc2ccccc23)c1. The zero-order valence-corrected chi connectivity index (χ0v) is 26.3. The Kier molecular flexibility index (Phi) is 6.19. The van der Waals surface area contributed by atoms with Crippen LogP contribution < -0.4 is 4.90 Å². The van der Waals surface area contributed by atoms with E-state index in [4.69, 9.17) is 0 Å². The molecular formula is C44H31NS. The van der Waals surface area contributed by atoms with E-state index >= 15 is 0 Å². The van der Waals surface area contributed by atoms with Crippen LogP contribution >= 0.6 is 11.3 Å². The number of fused-ring (bicyclic) bond motifs is 6. The summed E-state index contributed by atoms with van der Waals surface area (Å²) >= 11 is 1.88. The molecule has 8 aromatic rings. The van der Waals surface area contributed by atoms with E-state index in [0.717, 1.165) is 11.4 Å². The Morgan fingerprint density at radius 1 is 0.478 bits per heavy atom. The Balaban J connectivity index is 1.36. The molecule has 0 spiro atoms. The van der Waals surface area contributed by atoms with Gasteiger partial charge < -0.3 is 4.90 Å². The topological polar surface area (TPSA) is 3.24 Å². The molecule has 0 radical (unpaired) electrons. The lowest BCUT2D eigenvalue weighted by molar-refractivity contribution is 0.768. The van der Waals surface area contributed by atoms with E-state index in [0.29, 0.717) is 0 Å². The Morgan fingerprint density at radius 2 is 1.11 bits per heavy atom. The summed E-state index contributed by atoms with van der Waals surface area (Å²) in [7, 11) is 0. The summed E-state index contributed by atoms with van der Waals surface area (Å²) in [5.41, 5.74) is 12.1. The lowest BCUT2D eigenvalue weighted by Gasteiger charge is -2.35. The molecule has 0 fully saturated rings.